The summed E-state index contributed by atoms with van der Waals surface area (Å²) in [4.78, 5) is 58.6. The van der Waals surface area contributed by atoms with Gasteiger partial charge in [0.05, 0.1) is 22.3 Å². The van der Waals surface area contributed by atoms with E-state index in [1.165, 1.54) is 36.4 Å². The van der Waals surface area contributed by atoms with Crippen molar-refractivity contribution < 1.29 is 52.0 Å². The fourth-order valence-corrected chi connectivity index (χ4v) is 5.62. The molecule has 266 valence electrons. The third-order valence-electron chi connectivity index (χ3n) is 8.23. The zero-order valence-corrected chi connectivity index (χ0v) is 27.9. The lowest BCUT2D eigenvalue weighted by atomic mass is 9.97. The van der Waals surface area contributed by atoms with Crippen molar-refractivity contribution in [2.75, 3.05) is 6.61 Å². The van der Waals surface area contributed by atoms with Crippen molar-refractivity contribution >= 4 is 35.0 Å². The average molecular weight is 714 g/mol. The highest BCUT2D eigenvalue weighted by molar-refractivity contribution is 5.91. The van der Waals surface area contributed by atoms with Gasteiger partial charge in [0.15, 0.2) is 17.8 Å². The summed E-state index contributed by atoms with van der Waals surface area (Å²) < 4.78 is 42.0. The summed E-state index contributed by atoms with van der Waals surface area (Å²) in [5.41, 5.74) is 1.60. The Morgan fingerprint density at radius 2 is 0.943 bits per heavy atom. The Kier molecular flexibility index (Phi) is 10.5. The van der Waals surface area contributed by atoms with E-state index < -0.39 is 61.2 Å². The molecule has 12 heteroatoms. The second-order valence-corrected chi connectivity index (χ2v) is 11.8. The molecule has 0 aliphatic carbocycles. The summed E-state index contributed by atoms with van der Waals surface area (Å²) in [7, 11) is 0. The van der Waals surface area contributed by atoms with Gasteiger partial charge in [-0.3, -0.25) is 0 Å². The lowest BCUT2D eigenvalue weighted by molar-refractivity contribution is -0.278. The van der Waals surface area contributed by atoms with Crippen LogP contribution in [-0.4, -0.2) is 66.2 Å². The van der Waals surface area contributed by atoms with Crippen LogP contribution in [0.5, 0.6) is 6.08 Å². The summed E-state index contributed by atoms with van der Waals surface area (Å²) in [6, 6.07) is 39.4. The molecule has 0 amide bonds. The molecule has 5 aromatic carbocycles. The van der Waals surface area contributed by atoms with Crippen LogP contribution in [0.25, 0.3) is 11.1 Å². The topological polar surface area (TPSA) is 150 Å². The van der Waals surface area contributed by atoms with E-state index in [-0.39, 0.29) is 28.3 Å². The summed E-state index contributed by atoms with van der Waals surface area (Å²) in [5, 5.41) is 0. The molecule has 7 rings (SSSR count). The maximum atomic E-state index is 13.8. The number of hydrogen-bond donors (Lipinski definition) is 0. The second kappa shape index (κ2) is 16.0. The van der Waals surface area contributed by atoms with Crippen molar-refractivity contribution in [1.29, 1.82) is 0 Å². The van der Waals surface area contributed by atoms with Gasteiger partial charge < -0.3 is 32.8 Å². The first-order chi connectivity index (χ1) is 25.9. The number of fused-ring (bicyclic) bond motifs is 1. The monoisotopic (exact) mass is 713 g/mol. The van der Waals surface area contributed by atoms with Crippen molar-refractivity contribution in [3.8, 4) is 6.08 Å². The van der Waals surface area contributed by atoms with Crippen LogP contribution in [0.1, 0.15) is 41.4 Å². The van der Waals surface area contributed by atoms with Crippen LogP contribution in [0.2, 0.25) is 0 Å². The van der Waals surface area contributed by atoms with Gasteiger partial charge in [-0.05, 0) is 60.7 Å². The molecule has 0 radical (unpaired) electrons. The molecule has 12 nitrogen and oxygen atoms in total. The van der Waals surface area contributed by atoms with Crippen molar-refractivity contribution in [2.24, 2.45) is 0 Å². The number of hydrogen-bond acceptors (Lipinski definition) is 12. The minimum absolute atomic E-state index is 0.156. The summed E-state index contributed by atoms with van der Waals surface area (Å²) in [6.07, 6.45) is -7.91. The molecule has 0 bridgehead atoms. The number of esters is 4. The molecule has 5 atom stereocenters. The summed E-state index contributed by atoms with van der Waals surface area (Å²) in [6.45, 7) is -0.507. The predicted molar refractivity (Wildman–Crippen MR) is 187 cm³/mol. The van der Waals surface area contributed by atoms with Gasteiger partial charge in [-0.25, -0.2) is 19.2 Å². The van der Waals surface area contributed by atoms with Crippen molar-refractivity contribution in [2.45, 2.75) is 30.7 Å². The van der Waals surface area contributed by atoms with E-state index in [4.69, 9.17) is 32.8 Å². The van der Waals surface area contributed by atoms with E-state index >= 15 is 0 Å². The number of benzene rings is 5. The maximum absolute atomic E-state index is 13.8. The number of ether oxygens (including phenoxy) is 6. The number of carbonyl (C=O) groups excluding carboxylic acids is 4. The fraction of sp³-hybridized carbons (Fsp3) is 0.146. The maximum Gasteiger partial charge on any atom is 0.397 e. The summed E-state index contributed by atoms with van der Waals surface area (Å²) >= 11 is 0. The molecule has 0 unspecified atom stereocenters. The van der Waals surface area contributed by atoms with Crippen LogP contribution >= 0.6 is 0 Å². The number of carbonyl (C=O) groups is 4. The molecule has 53 heavy (non-hydrogen) atoms. The zero-order valence-electron chi connectivity index (χ0n) is 27.9. The van der Waals surface area contributed by atoms with Gasteiger partial charge in [0, 0.05) is 0 Å². The van der Waals surface area contributed by atoms with Gasteiger partial charge in [0.2, 0.25) is 12.4 Å². The Morgan fingerprint density at radius 3 is 1.45 bits per heavy atom. The molecule has 1 aliphatic heterocycles. The van der Waals surface area contributed by atoms with Gasteiger partial charge >= 0.3 is 30.0 Å². The van der Waals surface area contributed by atoms with Gasteiger partial charge in [-0.1, -0.05) is 84.9 Å². The van der Waals surface area contributed by atoms with Crippen LogP contribution in [0.15, 0.2) is 150 Å². The highest BCUT2D eigenvalue weighted by Gasteiger charge is 2.54. The second-order valence-electron chi connectivity index (χ2n) is 11.8. The van der Waals surface area contributed by atoms with E-state index in [0.717, 1.165) is 0 Å². The van der Waals surface area contributed by atoms with Crippen molar-refractivity contribution in [1.82, 2.24) is 4.98 Å². The molecule has 1 saturated heterocycles. The Labute approximate surface area is 302 Å². The van der Waals surface area contributed by atoms with E-state index in [1.807, 2.05) is 0 Å². The van der Waals surface area contributed by atoms with Crippen LogP contribution in [0.3, 0.4) is 0 Å². The highest BCUT2D eigenvalue weighted by Crippen LogP contribution is 2.33. The molecular weight excluding hydrogens is 682 g/mol. The highest BCUT2D eigenvalue weighted by atomic mass is 16.8. The molecule has 0 saturated carbocycles. The SMILES string of the molecule is O=C(OC[C@H]1O[C@@H](Oc2nc3ccccc3o2)[C@H](OC(=O)c2ccccc2)[C@@H](OC(=O)c2ccccc2)[C@@H]1OC(=O)c1ccccc1)c1ccccc1. The Bertz CT molecular complexity index is 2140. The normalized spacial score (nSPS) is 19.4. The quantitative estimate of drug-likeness (QED) is 0.107. The molecule has 6 aromatic rings. The number of oxazole rings is 1. The molecular formula is C41H31NO11. The summed E-state index contributed by atoms with van der Waals surface area (Å²) in [5.74, 6) is -3.17. The van der Waals surface area contributed by atoms with E-state index in [9.17, 15) is 19.2 Å². The number of para-hydroxylation sites is 2. The smallest absolute Gasteiger partial charge is 0.397 e. The lowest BCUT2D eigenvalue weighted by Gasteiger charge is -2.43. The molecule has 1 aromatic heterocycles. The first-order valence-electron chi connectivity index (χ1n) is 16.6. The molecule has 2 heterocycles. The van der Waals surface area contributed by atoms with E-state index in [2.05, 4.69) is 4.98 Å². The Balaban J connectivity index is 1.30. The van der Waals surface area contributed by atoms with Crippen LogP contribution < -0.4 is 4.74 Å². The van der Waals surface area contributed by atoms with Crippen LogP contribution in [-0.2, 0) is 23.7 Å². The first-order valence-corrected chi connectivity index (χ1v) is 16.6. The standard InChI is InChI=1S/C41H31NO11/c43-36(26-15-5-1-6-16-26)47-25-32-33(50-37(44)27-17-7-2-8-18-27)34(51-38(45)28-19-9-3-10-20-28)35(52-39(46)29-21-11-4-12-22-29)40(48-32)53-41-42-30-23-13-14-24-31(30)49-41/h1-24,32-35,40H,25H2/t32-,33-,34+,35-,40+/m1/s1. The van der Waals surface area contributed by atoms with Gasteiger partial charge in [-0.15, -0.1) is 0 Å². The molecule has 1 fully saturated rings. The van der Waals surface area contributed by atoms with E-state index in [1.54, 1.807) is 109 Å². The number of rotatable bonds is 11. The van der Waals surface area contributed by atoms with Gasteiger partial charge in [-0.2, -0.15) is 4.98 Å². The minimum atomic E-state index is -1.60. The third kappa shape index (κ3) is 8.24. The number of aromatic nitrogens is 1. The largest absolute Gasteiger partial charge is 0.459 e. The Hall–Kier alpha value is -6.79. The zero-order chi connectivity index (χ0) is 36.6. The van der Waals surface area contributed by atoms with Gasteiger partial charge in [0.1, 0.15) is 18.2 Å². The lowest BCUT2D eigenvalue weighted by Crippen LogP contribution is -2.64. The molecule has 0 spiro atoms. The van der Waals surface area contributed by atoms with Gasteiger partial charge in [0.25, 0.3) is 0 Å². The van der Waals surface area contributed by atoms with Crippen LogP contribution in [0, 0.1) is 0 Å². The Morgan fingerprint density at radius 1 is 0.509 bits per heavy atom. The number of nitrogens with zero attached hydrogens (tertiary/aromatic N) is 1. The molecule has 1 aliphatic rings. The van der Waals surface area contributed by atoms with Crippen molar-refractivity contribution in [3.63, 3.8) is 0 Å². The van der Waals surface area contributed by atoms with Crippen LogP contribution in [0.4, 0.5) is 0 Å². The third-order valence-corrected chi connectivity index (χ3v) is 8.23. The van der Waals surface area contributed by atoms with E-state index in [0.29, 0.717) is 11.1 Å². The average Bonchev–Trinajstić information content (AvgIpc) is 3.63. The molecule has 0 N–H and O–H groups in total. The predicted octanol–water partition coefficient (Wildman–Crippen LogP) is 6.47. The fourth-order valence-electron chi connectivity index (χ4n) is 5.62. The first kappa shape index (κ1) is 34.6. The minimum Gasteiger partial charge on any atom is -0.459 e. The van der Waals surface area contributed by atoms with Crippen molar-refractivity contribution in [3.05, 3.63) is 168 Å².